The third-order valence-electron chi connectivity index (χ3n) is 3.21. The first-order valence-electron chi connectivity index (χ1n) is 7.44. The molecule has 5 nitrogen and oxygen atoms in total. The molecule has 0 saturated carbocycles. The molecule has 2 amide bonds. The Morgan fingerprint density at radius 2 is 1.91 bits per heavy atom. The highest BCUT2D eigenvalue weighted by Gasteiger charge is 2.36. The Morgan fingerprint density at radius 1 is 1.26 bits per heavy atom. The van der Waals surface area contributed by atoms with Crippen molar-refractivity contribution in [1.29, 1.82) is 0 Å². The Hall–Kier alpha value is -2.08. The summed E-state index contributed by atoms with van der Waals surface area (Å²) in [5, 5.41) is -0.452. The topological polar surface area (TPSA) is 63.7 Å². The van der Waals surface area contributed by atoms with E-state index < -0.39 is 17.1 Å². The quantitative estimate of drug-likeness (QED) is 0.611. The number of carbonyl (C=O) groups excluding carboxylic acids is 3. The molecule has 0 radical (unpaired) electrons. The monoisotopic (exact) mass is 333 g/mol. The zero-order valence-corrected chi connectivity index (χ0v) is 14.2. The number of aryl methyl sites for hydroxylation is 1. The largest absolute Gasteiger partial charge is 0.462 e. The lowest BCUT2D eigenvalue weighted by Gasteiger charge is -2.13. The highest BCUT2D eigenvalue weighted by Crippen LogP contribution is 2.32. The van der Waals surface area contributed by atoms with Crippen LogP contribution < -0.4 is 0 Å². The zero-order valence-electron chi connectivity index (χ0n) is 13.4. The molecule has 0 unspecified atom stereocenters. The van der Waals surface area contributed by atoms with Crippen molar-refractivity contribution in [2.75, 3.05) is 6.54 Å². The van der Waals surface area contributed by atoms with Crippen molar-refractivity contribution in [3.63, 3.8) is 0 Å². The summed E-state index contributed by atoms with van der Waals surface area (Å²) in [6.07, 6.45) is 2.32. The summed E-state index contributed by atoms with van der Waals surface area (Å²) in [7, 11) is 0. The summed E-state index contributed by atoms with van der Waals surface area (Å²) in [5.74, 6) is -1.05. The first kappa shape index (κ1) is 17.3. The summed E-state index contributed by atoms with van der Waals surface area (Å²) in [5.41, 5.74) is 2.05. The van der Waals surface area contributed by atoms with E-state index in [-0.39, 0.29) is 12.6 Å². The van der Waals surface area contributed by atoms with Crippen molar-refractivity contribution in [2.45, 2.75) is 33.3 Å². The fraction of sp³-hybridized carbons (Fsp3) is 0.353. The molecular formula is C17H19NO4S. The molecular weight excluding hydrogens is 314 g/mol. The van der Waals surface area contributed by atoms with Crippen LogP contribution in [0.15, 0.2) is 29.2 Å². The first-order valence-corrected chi connectivity index (χ1v) is 8.26. The maximum Gasteiger partial charge on any atom is 0.326 e. The predicted octanol–water partition coefficient (Wildman–Crippen LogP) is 3.24. The number of nitrogens with zero attached hydrogens (tertiary/aromatic N) is 1. The zero-order chi connectivity index (χ0) is 17.0. The number of imide groups is 1. The van der Waals surface area contributed by atoms with E-state index in [2.05, 4.69) is 6.92 Å². The Bertz CT molecular complexity index is 649. The number of hydrogen-bond acceptors (Lipinski definition) is 5. The van der Waals surface area contributed by atoms with Gasteiger partial charge in [0.2, 0.25) is 0 Å². The molecule has 0 aliphatic carbocycles. The SMILES string of the molecule is CCc1ccc(/C=C2\SC(=O)N(CC(=O)OC(C)C)C2=O)cc1. The van der Waals surface area contributed by atoms with Gasteiger partial charge in [-0.25, -0.2) is 0 Å². The van der Waals surface area contributed by atoms with Crippen molar-refractivity contribution >= 4 is 35.0 Å². The minimum Gasteiger partial charge on any atom is -0.462 e. The third kappa shape index (κ3) is 4.45. The molecule has 1 aromatic rings. The second-order valence-corrected chi connectivity index (χ2v) is 6.39. The van der Waals surface area contributed by atoms with Crippen LogP contribution in [-0.4, -0.2) is 34.7 Å². The Balaban J connectivity index is 2.10. The summed E-state index contributed by atoms with van der Waals surface area (Å²) in [6, 6.07) is 7.77. The van der Waals surface area contributed by atoms with Crippen molar-refractivity contribution in [1.82, 2.24) is 4.90 Å². The van der Waals surface area contributed by atoms with Gasteiger partial charge in [-0.2, -0.15) is 0 Å². The molecule has 1 aromatic carbocycles. The summed E-state index contributed by atoms with van der Waals surface area (Å²) in [4.78, 5) is 37.1. The second-order valence-electron chi connectivity index (χ2n) is 5.40. The van der Waals surface area contributed by atoms with Crippen LogP contribution in [0.4, 0.5) is 4.79 Å². The average molecular weight is 333 g/mol. The van der Waals surface area contributed by atoms with E-state index >= 15 is 0 Å². The number of benzene rings is 1. The van der Waals surface area contributed by atoms with Gasteiger partial charge in [-0.3, -0.25) is 19.3 Å². The summed E-state index contributed by atoms with van der Waals surface area (Å²) in [6.45, 7) is 5.14. The van der Waals surface area contributed by atoms with Crippen LogP contribution in [-0.2, 0) is 20.7 Å². The molecule has 0 atom stereocenters. The Morgan fingerprint density at radius 3 is 2.48 bits per heavy atom. The van der Waals surface area contributed by atoms with Gasteiger partial charge in [-0.15, -0.1) is 0 Å². The van der Waals surface area contributed by atoms with Crippen LogP contribution in [0.3, 0.4) is 0 Å². The standard InChI is InChI=1S/C17H19NO4S/c1-4-12-5-7-13(8-6-12)9-14-16(20)18(17(21)23-14)10-15(19)22-11(2)3/h5-9,11H,4,10H2,1-3H3/b14-9-. The second kappa shape index (κ2) is 7.46. The normalized spacial score (nSPS) is 16.5. The average Bonchev–Trinajstić information content (AvgIpc) is 2.75. The molecule has 1 fully saturated rings. The lowest BCUT2D eigenvalue weighted by Crippen LogP contribution is -2.35. The van der Waals surface area contributed by atoms with Crippen LogP contribution in [0.1, 0.15) is 31.9 Å². The number of esters is 1. The number of rotatable bonds is 5. The predicted molar refractivity (Wildman–Crippen MR) is 89.7 cm³/mol. The molecule has 0 spiro atoms. The summed E-state index contributed by atoms with van der Waals surface area (Å²) >= 11 is 0.838. The van der Waals surface area contributed by atoms with Crippen LogP contribution in [0.25, 0.3) is 6.08 Å². The van der Waals surface area contributed by atoms with Crippen molar-refractivity contribution in [2.24, 2.45) is 0 Å². The summed E-state index contributed by atoms with van der Waals surface area (Å²) < 4.78 is 4.97. The molecule has 6 heteroatoms. The van der Waals surface area contributed by atoms with E-state index in [0.29, 0.717) is 4.91 Å². The maximum absolute atomic E-state index is 12.3. The van der Waals surface area contributed by atoms with E-state index in [1.54, 1.807) is 19.9 Å². The van der Waals surface area contributed by atoms with Gasteiger partial charge in [0.1, 0.15) is 6.54 Å². The molecule has 1 aliphatic heterocycles. The molecule has 2 rings (SSSR count). The highest BCUT2D eigenvalue weighted by molar-refractivity contribution is 8.18. The highest BCUT2D eigenvalue weighted by atomic mass is 32.2. The molecule has 0 N–H and O–H groups in total. The van der Waals surface area contributed by atoms with Crippen LogP contribution in [0.5, 0.6) is 0 Å². The van der Waals surface area contributed by atoms with Gasteiger partial charge in [-0.05, 0) is 49.2 Å². The fourth-order valence-corrected chi connectivity index (χ4v) is 2.90. The minimum absolute atomic E-state index is 0.282. The molecule has 1 heterocycles. The van der Waals surface area contributed by atoms with Gasteiger partial charge in [0.05, 0.1) is 11.0 Å². The van der Waals surface area contributed by atoms with E-state index in [1.165, 1.54) is 5.56 Å². The smallest absolute Gasteiger partial charge is 0.326 e. The minimum atomic E-state index is -0.587. The van der Waals surface area contributed by atoms with Gasteiger partial charge >= 0.3 is 5.97 Å². The van der Waals surface area contributed by atoms with Gasteiger partial charge in [-0.1, -0.05) is 31.2 Å². The van der Waals surface area contributed by atoms with Gasteiger partial charge in [0.15, 0.2) is 0 Å². The Labute approximate surface area is 139 Å². The van der Waals surface area contributed by atoms with Crippen molar-refractivity contribution < 1.29 is 19.1 Å². The fourth-order valence-electron chi connectivity index (χ4n) is 2.07. The van der Waals surface area contributed by atoms with Crippen molar-refractivity contribution in [3.05, 3.63) is 40.3 Å². The van der Waals surface area contributed by atoms with E-state index in [4.69, 9.17) is 4.74 Å². The van der Waals surface area contributed by atoms with E-state index in [9.17, 15) is 14.4 Å². The number of hydrogen-bond donors (Lipinski definition) is 0. The molecule has 0 aromatic heterocycles. The maximum atomic E-state index is 12.3. The molecule has 23 heavy (non-hydrogen) atoms. The lowest BCUT2D eigenvalue weighted by molar-refractivity contribution is -0.149. The van der Waals surface area contributed by atoms with Crippen LogP contribution >= 0.6 is 11.8 Å². The number of carbonyl (C=O) groups is 3. The van der Waals surface area contributed by atoms with Crippen LogP contribution in [0.2, 0.25) is 0 Å². The van der Waals surface area contributed by atoms with Gasteiger partial charge < -0.3 is 4.74 Å². The Kier molecular flexibility index (Phi) is 5.60. The number of ether oxygens (including phenoxy) is 1. The van der Waals surface area contributed by atoms with E-state index in [0.717, 1.165) is 28.6 Å². The molecule has 1 aliphatic rings. The third-order valence-corrected chi connectivity index (χ3v) is 4.12. The first-order chi connectivity index (χ1) is 10.9. The molecule has 0 bridgehead atoms. The van der Waals surface area contributed by atoms with Crippen LogP contribution in [0, 0.1) is 0 Å². The molecule has 122 valence electrons. The number of amides is 2. The lowest BCUT2D eigenvalue weighted by atomic mass is 10.1. The van der Waals surface area contributed by atoms with Gasteiger partial charge in [0.25, 0.3) is 11.1 Å². The van der Waals surface area contributed by atoms with Crippen molar-refractivity contribution in [3.8, 4) is 0 Å². The number of thioether (sulfide) groups is 1. The molecule has 1 saturated heterocycles. The van der Waals surface area contributed by atoms with Gasteiger partial charge in [0, 0.05) is 0 Å². The van der Waals surface area contributed by atoms with E-state index in [1.807, 2.05) is 24.3 Å².